The third-order valence-electron chi connectivity index (χ3n) is 3.90. The van der Waals surface area contributed by atoms with Crippen LogP contribution >= 0.6 is 12.4 Å². The van der Waals surface area contributed by atoms with E-state index in [1.165, 1.54) is 52.0 Å². The number of nitrogens with one attached hydrogen (secondary N) is 1. The van der Waals surface area contributed by atoms with Gasteiger partial charge in [0.1, 0.15) is 0 Å². The van der Waals surface area contributed by atoms with Crippen LogP contribution < -0.4 is 5.32 Å². The largest absolute Gasteiger partial charge is 0.381 e. The van der Waals surface area contributed by atoms with E-state index in [0.29, 0.717) is 0 Å². The zero-order valence-corrected chi connectivity index (χ0v) is 11.8. The number of nitrogens with zero attached hydrogens (tertiary/aromatic N) is 1. The quantitative estimate of drug-likeness (QED) is 0.817. The molecule has 0 saturated carbocycles. The fourth-order valence-corrected chi connectivity index (χ4v) is 2.93. The van der Waals surface area contributed by atoms with Crippen LogP contribution in [0.4, 0.5) is 0 Å². The second kappa shape index (κ2) is 8.30. The van der Waals surface area contributed by atoms with Crippen LogP contribution in [0.25, 0.3) is 0 Å². The third kappa shape index (κ3) is 5.12. The van der Waals surface area contributed by atoms with Gasteiger partial charge in [0.05, 0.1) is 6.61 Å². The lowest BCUT2D eigenvalue weighted by Gasteiger charge is -2.27. The Kier molecular flexibility index (Phi) is 7.44. The Morgan fingerprint density at radius 1 is 1.18 bits per heavy atom. The first-order chi connectivity index (χ1) is 7.88. The topological polar surface area (TPSA) is 24.5 Å². The number of ether oxygens (including phenoxy) is 1. The first-order valence-electron chi connectivity index (χ1n) is 6.89. The van der Waals surface area contributed by atoms with E-state index in [9.17, 15) is 0 Å². The molecule has 0 amide bonds. The lowest BCUT2D eigenvalue weighted by Crippen LogP contribution is -2.35. The highest BCUT2D eigenvalue weighted by molar-refractivity contribution is 5.85. The maximum atomic E-state index is 5.52. The van der Waals surface area contributed by atoms with Gasteiger partial charge in [-0.05, 0) is 57.7 Å². The first-order valence-corrected chi connectivity index (χ1v) is 6.89. The minimum Gasteiger partial charge on any atom is -0.381 e. The summed E-state index contributed by atoms with van der Waals surface area (Å²) in [6, 6.07) is 0. The van der Waals surface area contributed by atoms with Gasteiger partial charge in [0.2, 0.25) is 0 Å². The van der Waals surface area contributed by atoms with Crippen molar-refractivity contribution >= 4 is 12.4 Å². The highest BCUT2D eigenvalue weighted by atomic mass is 35.5. The SMILES string of the molecule is CCOCC1CCN(CC2CCNCC2)C1.Cl. The molecule has 2 saturated heterocycles. The van der Waals surface area contributed by atoms with Crippen LogP contribution in [0.3, 0.4) is 0 Å². The monoisotopic (exact) mass is 262 g/mol. The Labute approximate surface area is 112 Å². The van der Waals surface area contributed by atoms with Gasteiger partial charge in [-0.1, -0.05) is 0 Å². The van der Waals surface area contributed by atoms with E-state index in [4.69, 9.17) is 4.74 Å². The van der Waals surface area contributed by atoms with Crippen molar-refractivity contribution in [2.45, 2.75) is 26.2 Å². The fraction of sp³-hybridized carbons (Fsp3) is 1.00. The van der Waals surface area contributed by atoms with Gasteiger partial charge < -0.3 is 15.0 Å². The molecule has 1 unspecified atom stereocenters. The first kappa shape index (κ1) is 15.2. The molecule has 102 valence electrons. The Morgan fingerprint density at radius 2 is 1.94 bits per heavy atom. The van der Waals surface area contributed by atoms with Crippen LogP contribution in [0.1, 0.15) is 26.2 Å². The van der Waals surface area contributed by atoms with E-state index in [0.717, 1.165) is 25.0 Å². The summed E-state index contributed by atoms with van der Waals surface area (Å²) in [5, 5.41) is 3.44. The average Bonchev–Trinajstić information content (AvgIpc) is 2.75. The standard InChI is InChI=1S/C13H26N2O.ClH/c1-2-16-11-13-5-8-15(10-13)9-12-3-6-14-7-4-12;/h12-14H,2-11H2,1H3;1H. The second-order valence-electron chi connectivity index (χ2n) is 5.27. The molecule has 0 aromatic carbocycles. The summed E-state index contributed by atoms with van der Waals surface area (Å²) < 4.78 is 5.52. The summed E-state index contributed by atoms with van der Waals surface area (Å²) in [6.45, 7) is 10.3. The van der Waals surface area contributed by atoms with Crippen LogP contribution in [-0.2, 0) is 4.74 Å². The highest BCUT2D eigenvalue weighted by Crippen LogP contribution is 2.20. The molecular formula is C13H27ClN2O. The number of rotatable bonds is 5. The van der Waals surface area contributed by atoms with Crippen LogP contribution in [0.15, 0.2) is 0 Å². The molecule has 2 rings (SSSR count). The van der Waals surface area contributed by atoms with Gasteiger partial charge in [0.15, 0.2) is 0 Å². The molecule has 0 aromatic heterocycles. The predicted octanol–water partition coefficient (Wildman–Crippen LogP) is 1.77. The van der Waals surface area contributed by atoms with E-state index in [1.807, 2.05) is 0 Å². The van der Waals surface area contributed by atoms with Gasteiger partial charge in [-0.15, -0.1) is 12.4 Å². The minimum absolute atomic E-state index is 0. The Hall–Kier alpha value is 0.170. The van der Waals surface area contributed by atoms with Crippen molar-refractivity contribution in [2.75, 3.05) is 45.9 Å². The summed E-state index contributed by atoms with van der Waals surface area (Å²) in [6.07, 6.45) is 4.07. The van der Waals surface area contributed by atoms with Crippen molar-refractivity contribution < 1.29 is 4.74 Å². The molecule has 0 spiro atoms. The molecule has 0 aliphatic carbocycles. The summed E-state index contributed by atoms with van der Waals surface area (Å²) in [5.41, 5.74) is 0. The van der Waals surface area contributed by atoms with Gasteiger partial charge in [0, 0.05) is 19.7 Å². The zero-order chi connectivity index (χ0) is 11.2. The molecule has 2 aliphatic rings. The Bertz CT molecular complexity index is 198. The molecule has 17 heavy (non-hydrogen) atoms. The lowest BCUT2D eigenvalue weighted by atomic mass is 9.98. The summed E-state index contributed by atoms with van der Waals surface area (Å²) in [5.74, 6) is 1.73. The molecule has 1 N–H and O–H groups in total. The van der Waals surface area contributed by atoms with Crippen LogP contribution in [-0.4, -0.2) is 50.8 Å². The molecular weight excluding hydrogens is 236 g/mol. The molecule has 2 heterocycles. The molecule has 2 aliphatic heterocycles. The van der Waals surface area contributed by atoms with Gasteiger partial charge in [-0.3, -0.25) is 0 Å². The van der Waals surface area contributed by atoms with Gasteiger partial charge >= 0.3 is 0 Å². The maximum Gasteiger partial charge on any atom is 0.0506 e. The van der Waals surface area contributed by atoms with Crippen molar-refractivity contribution in [3.8, 4) is 0 Å². The van der Waals surface area contributed by atoms with Crippen LogP contribution in [0.5, 0.6) is 0 Å². The maximum absolute atomic E-state index is 5.52. The summed E-state index contributed by atoms with van der Waals surface area (Å²) >= 11 is 0. The van der Waals surface area contributed by atoms with Crippen molar-refractivity contribution in [3.63, 3.8) is 0 Å². The molecule has 3 nitrogen and oxygen atoms in total. The average molecular weight is 263 g/mol. The molecule has 2 fully saturated rings. The van der Waals surface area contributed by atoms with Crippen molar-refractivity contribution in [2.24, 2.45) is 11.8 Å². The van der Waals surface area contributed by atoms with E-state index in [2.05, 4.69) is 17.1 Å². The molecule has 4 heteroatoms. The van der Waals surface area contributed by atoms with Crippen molar-refractivity contribution in [1.82, 2.24) is 10.2 Å². The highest BCUT2D eigenvalue weighted by Gasteiger charge is 2.25. The smallest absolute Gasteiger partial charge is 0.0506 e. The molecule has 1 atom stereocenters. The number of piperidine rings is 1. The summed E-state index contributed by atoms with van der Waals surface area (Å²) in [7, 11) is 0. The predicted molar refractivity (Wildman–Crippen MR) is 73.9 cm³/mol. The number of halogens is 1. The number of likely N-dealkylation sites (tertiary alicyclic amines) is 1. The van der Waals surface area contributed by atoms with E-state index in [1.54, 1.807) is 0 Å². The van der Waals surface area contributed by atoms with Crippen molar-refractivity contribution in [1.29, 1.82) is 0 Å². The minimum atomic E-state index is 0. The van der Waals surface area contributed by atoms with Gasteiger partial charge in [-0.2, -0.15) is 0 Å². The van der Waals surface area contributed by atoms with Crippen LogP contribution in [0, 0.1) is 11.8 Å². The zero-order valence-electron chi connectivity index (χ0n) is 11.0. The molecule has 0 radical (unpaired) electrons. The van der Waals surface area contributed by atoms with E-state index in [-0.39, 0.29) is 12.4 Å². The third-order valence-corrected chi connectivity index (χ3v) is 3.90. The molecule has 0 aromatic rings. The molecule has 0 bridgehead atoms. The second-order valence-corrected chi connectivity index (χ2v) is 5.27. The fourth-order valence-electron chi connectivity index (χ4n) is 2.93. The Balaban J connectivity index is 0.00000144. The van der Waals surface area contributed by atoms with Crippen molar-refractivity contribution in [3.05, 3.63) is 0 Å². The van der Waals surface area contributed by atoms with E-state index >= 15 is 0 Å². The van der Waals surface area contributed by atoms with Crippen LogP contribution in [0.2, 0.25) is 0 Å². The normalized spacial score (nSPS) is 27.0. The Morgan fingerprint density at radius 3 is 2.65 bits per heavy atom. The number of hydrogen-bond donors (Lipinski definition) is 1. The van der Waals surface area contributed by atoms with E-state index < -0.39 is 0 Å². The summed E-state index contributed by atoms with van der Waals surface area (Å²) in [4.78, 5) is 2.65. The van der Waals surface area contributed by atoms with Gasteiger partial charge in [-0.25, -0.2) is 0 Å². The lowest BCUT2D eigenvalue weighted by molar-refractivity contribution is 0.110. The number of hydrogen-bond acceptors (Lipinski definition) is 3. The van der Waals surface area contributed by atoms with Gasteiger partial charge in [0.25, 0.3) is 0 Å².